The summed E-state index contributed by atoms with van der Waals surface area (Å²) in [4.78, 5) is 2.10. The lowest BCUT2D eigenvalue weighted by molar-refractivity contribution is 0.261. The third kappa shape index (κ3) is 3.07. The van der Waals surface area contributed by atoms with Crippen LogP contribution in [0.3, 0.4) is 0 Å². The first-order valence-corrected chi connectivity index (χ1v) is 8.07. The van der Waals surface area contributed by atoms with Crippen molar-refractivity contribution in [1.29, 1.82) is 0 Å². The number of hydrogen-bond donors (Lipinski definition) is 0. The van der Waals surface area contributed by atoms with Crippen molar-refractivity contribution in [2.45, 2.75) is 13.2 Å². The zero-order valence-electron chi connectivity index (χ0n) is 14.0. The Labute approximate surface area is 145 Å². The van der Waals surface area contributed by atoms with Crippen LogP contribution in [0.15, 0.2) is 42.5 Å². The van der Waals surface area contributed by atoms with Crippen molar-refractivity contribution in [3.8, 4) is 5.75 Å². The molecule has 0 aliphatic carbocycles. The summed E-state index contributed by atoms with van der Waals surface area (Å²) in [5, 5.41) is 0. The Hall–Kier alpha value is -2.18. The molecule has 0 amide bonds. The van der Waals surface area contributed by atoms with Crippen LogP contribution in [0.4, 0.5) is 4.39 Å². The first-order valence-electron chi connectivity index (χ1n) is 7.66. The molecule has 0 radical (unpaired) electrons. The largest absolute Gasteiger partial charge is 0.494 e. The van der Waals surface area contributed by atoms with E-state index in [0.29, 0.717) is 13.2 Å². The number of benzene rings is 2. The number of ether oxygens (including phenoxy) is 1. The van der Waals surface area contributed by atoms with Gasteiger partial charge in [-0.25, -0.2) is 4.39 Å². The number of para-hydroxylation sites is 2. The number of halogens is 1. The summed E-state index contributed by atoms with van der Waals surface area (Å²) in [5.41, 5.74) is 3.09. The third-order valence-corrected chi connectivity index (χ3v) is 4.60. The quantitative estimate of drug-likeness (QED) is 0.654. The molecule has 0 bridgehead atoms. The minimum atomic E-state index is -0.342. The van der Waals surface area contributed by atoms with E-state index in [9.17, 15) is 4.39 Å². The van der Waals surface area contributed by atoms with Crippen molar-refractivity contribution in [1.82, 2.24) is 14.0 Å². The Morgan fingerprint density at radius 3 is 2.54 bits per heavy atom. The Morgan fingerprint density at radius 1 is 1.17 bits per heavy atom. The van der Waals surface area contributed by atoms with E-state index >= 15 is 0 Å². The molecule has 2 aromatic carbocycles. The number of hydrogen-bond acceptors (Lipinski definition) is 3. The first kappa shape index (κ1) is 16.7. The van der Waals surface area contributed by atoms with E-state index in [1.165, 1.54) is 13.2 Å². The third-order valence-electron chi connectivity index (χ3n) is 4.10. The maximum atomic E-state index is 13.8. The van der Waals surface area contributed by atoms with Gasteiger partial charge in [-0.1, -0.05) is 18.2 Å². The number of rotatable bonds is 5. The molecule has 1 aromatic heterocycles. The minimum Gasteiger partial charge on any atom is -0.494 e. The number of imidazole rings is 1. The lowest BCUT2D eigenvalue weighted by atomic mass is 10.2. The number of nitrogens with zero attached hydrogens (tertiary/aromatic N) is 3. The summed E-state index contributed by atoms with van der Waals surface area (Å²) >= 11 is 5.55. The van der Waals surface area contributed by atoms with Gasteiger partial charge >= 0.3 is 0 Å². The molecule has 0 atom stereocenters. The maximum absolute atomic E-state index is 13.8. The molecule has 3 aromatic rings. The van der Waals surface area contributed by atoms with Gasteiger partial charge in [0.05, 0.1) is 24.8 Å². The highest BCUT2D eigenvalue weighted by molar-refractivity contribution is 7.71. The first-order chi connectivity index (χ1) is 11.5. The van der Waals surface area contributed by atoms with E-state index in [1.54, 1.807) is 6.07 Å². The highest BCUT2D eigenvalue weighted by Gasteiger charge is 2.11. The topological polar surface area (TPSA) is 22.3 Å². The van der Waals surface area contributed by atoms with Crippen molar-refractivity contribution in [3.05, 3.63) is 58.6 Å². The summed E-state index contributed by atoms with van der Waals surface area (Å²) < 4.78 is 23.7. The number of aromatic nitrogens is 2. The molecular formula is C18H20FN3OS. The van der Waals surface area contributed by atoms with Crippen LogP contribution < -0.4 is 4.74 Å². The average Bonchev–Trinajstić information content (AvgIpc) is 2.80. The summed E-state index contributed by atoms with van der Waals surface area (Å²) in [5.74, 6) is -0.0807. The molecule has 6 heteroatoms. The number of fused-ring (bicyclic) bond motifs is 1. The van der Waals surface area contributed by atoms with Crippen molar-refractivity contribution in [2.75, 3.05) is 14.2 Å². The van der Waals surface area contributed by atoms with Gasteiger partial charge in [0, 0.05) is 13.6 Å². The van der Waals surface area contributed by atoms with Gasteiger partial charge in [-0.15, -0.1) is 0 Å². The van der Waals surface area contributed by atoms with Gasteiger partial charge in [-0.05, 0) is 49.1 Å². The van der Waals surface area contributed by atoms with E-state index in [-0.39, 0.29) is 11.6 Å². The number of methoxy groups -OCH3 is 1. The Morgan fingerprint density at radius 2 is 1.88 bits per heavy atom. The zero-order valence-corrected chi connectivity index (χ0v) is 14.8. The molecular weight excluding hydrogens is 325 g/mol. The summed E-state index contributed by atoms with van der Waals surface area (Å²) in [6.45, 7) is 1.25. The summed E-state index contributed by atoms with van der Waals surface area (Å²) in [6.07, 6.45) is 0. The summed E-state index contributed by atoms with van der Waals surface area (Å²) in [7, 11) is 5.43. The van der Waals surface area contributed by atoms with Gasteiger partial charge in [0.25, 0.3) is 0 Å². The molecule has 24 heavy (non-hydrogen) atoms. The van der Waals surface area contributed by atoms with Crippen molar-refractivity contribution < 1.29 is 9.13 Å². The second kappa shape index (κ2) is 6.75. The molecule has 0 saturated carbocycles. The molecule has 0 aliphatic rings. The van der Waals surface area contributed by atoms with Gasteiger partial charge in [0.1, 0.15) is 0 Å². The van der Waals surface area contributed by atoms with Crippen molar-refractivity contribution in [2.24, 2.45) is 7.05 Å². The van der Waals surface area contributed by atoms with Crippen LogP contribution >= 0.6 is 12.2 Å². The molecule has 4 nitrogen and oxygen atoms in total. The molecule has 0 N–H and O–H groups in total. The van der Waals surface area contributed by atoms with Crippen LogP contribution in [0, 0.1) is 10.6 Å². The lowest BCUT2D eigenvalue weighted by Crippen LogP contribution is -2.22. The molecule has 0 unspecified atom stereocenters. The van der Waals surface area contributed by atoms with Crippen LogP contribution in [0.5, 0.6) is 5.75 Å². The van der Waals surface area contributed by atoms with E-state index in [2.05, 4.69) is 21.6 Å². The van der Waals surface area contributed by atoms with E-state index in [1.807, 2.05) is 36.9 Å². The fraction of sp³-hybridized carbons (Fsp3) is 0.278. The highest BCUT2D eigenvalue weighted by atomic mass is 32.1. The second-order valence-electron chi connectivity index (χ2n) is 5.88. The van der Waals surface area contributed by atoms with Gasteiger partial charge < -0.3 is 13.9 Å². The van der Waals surface area contributed by atoms with Crippen LogP contribution in [0.1, 0.15) is 5.56 Å². The van der Waals surface area contributed by atoms with E-state index in [4.69, 9.17) is 17.0 Å². The summed E-state index contributed by atoms with van der Waals surface area (Å²) in [6, 6.07) is 13.2. The fourth-order valence-corrected chi connectivity index (χ4v) is 3.17. The van der Waals surface area contributed by atoms with Gasteiger partial charge in [-0.3, -0.25) is 4.90 Å². The molecule has 126 valence electrons. The van der Waals surface area contributed by atoms with Crippen LogP contribution in [-0.2, 0) is 20.3 Å². The second-order valence-corrected chi connectivity index (χ2v) is 6.25. The smallest absolute Gasteiger partial charge is 0.181 e. The Kier molecular flexibility index (Phi) is 4.69. The van der Waals surface area contributed by atoms with Crippen molar-refractivity contribution in [3.63, 3.8) is 0 Å². The fourth-order valence-electron chi connectivity index (χ4n) is 2.91. The van der Waals surface area contributed by atoms with Crippen LogP contribution in [0.2, 0.25) is 0 Å². The van der Waals surface area contributed by atoms with Gasteiger partial charge in [0.2, 0.25) is 0 Å². The van der Waals surface area contributed by atoms with Crippen LogP contribution in [0.25, 0.3) is 11.0 Å². The highest BCUT2D eigenvalue weighted by Crippen LogP contribution is 2.20. The van der Waals surface area contributed by atoms with Crippen molar-refractivity contribution >= 4 is 23.3 Å². The zero-order chi connectivity index (χ0) is 17.3. The average molecular weight is 345 g/mol. The predicted molar refractivity (Wildman–Crippen MR) is 96.2 cm³/mol. The maximum Gasteiger partial charge on any atom is 0.181 e. The minimum absolute atomic E-state index is 0.262. The molecule has 0 saturated heterocycles. The van der Waals surface area contributed by atoms with Crippen LogP contribution in [-0.4, -0.2) is 28.2 Å². The van der Waals surface area contributed by atoms with Gasteiger partial charge in [0.15, 0.2) is 16.3 Å². The normalized spacial score (nSPS) is 11.4. The molecule has 0 aliphatic heterocycles. The SMILES string of the molecule is COc1ccc(CN(C)Cn2c(=S)n(C)c3ccccc32)cc1F. The molecule has 0 spiro atoms. The predicted octanol–water partition coefficient (Wildman–Crippen LogP) is 3.95. The number of aryl methyl sites for hydroxylation is 1. The Bertz CT molecular complexity index is 932. The van der Waals surface area contributed by atoms with E-state index < -0.39 is 0 Å². The molecule has 1 heterocycles. The monoisotopic (exact) mass is 345 g/mol. The molecule has 0 fully saturated rings. The Balaban J connectivity index is 1.83. The van der Waals surface area contributed by atoms with E-state index in [0.717, 1.165) is 21.4 Å². The standard InChI is InChI=1S/C18H20FN3OS/c1-20(11-13-8-9-17(23-3)14(19)10-13)12-22-16-7-5-4-6-15(16)21(2)18(22)24/h4-10H,11-12H2,1-3H3. The molecule has 3 rings (SSSR count). The lowest BCUT2D eigenvalue weighted by Gasteiger charge is -2.18. The van der Waals surface area contributed by atoms with Gasteiger partial charge in [-0.2, -0.15) is 0 Å².